The van der Waals surface area contributed by atoms with E-state index in [0.717, 1.165) is 80.1 Å². The van der Waals surface area contributed by atoms with Crippen molar-refractivity contribution in [2.45, 2.75) is 225 Å². The number of esters is 2. The molecule has 0 spiro atoms. The van der Waals surface area contributed by atoms with Crippen LogP contribution in [0.1, 0.15) is 184 Å². The van der Waals surface area contributed by atoms with Gasteiger partial charge in [-0.3, -0.25) is 9.59 Å². The lowest BCUT2D eigenvalue weighted by atomic mass is 9.57. The van der Waals surface area contributed by atoms with Crippen molar-refractivity contribution >= 4 is 11.9 Å². The summed E-state index contributed by atoms with van der Waals surface area (Å²) in [6.45, 7) is 22.7. The van der Waals surface area contributed by atoms with Crippen LogP contribution < -0.4 is 0 Å². The Morgan fingerprint density at radius 2 is 1.29 bits per heavy atom. The SMILES string of the molecule is C=C1/C(=C\C=C2/CCC[C@@]3(C)C2CCC3(O)C2(CC#CC(C)(C)O)CC2)CC(OC(C)=O)C[C@@H]1OC(C)=O.C=C1/C(=C\C=C2/CCC[C@@]3(C)C2CCC3C2(CC#CC(C)(C)O)CC2)CC(O)C[C@@H]1O. The van der Waals surface area contributed by atoms with Crippen molar-refractivity contribution in [2.75, 3.05) is 0 Å². The van der Waals surface area contributed by atoms with Gasteiger partial charge in [-0.25, -0.2) is 0 Å². The lowest BCUT2D eigenvalue weighted by Gasteiger charge is -2.50. The minimum atomic E-state index is -1.03. The van der Waals surface area contributed by atoms with Crippen LogP contribution in [0.4, 0.5) is 0 Å². The van der Waals surface area contributed by atoms with E-state index < -0.39 is 35.1 Å². The van der Waals surface area contributed by atoms with E-state index in [2.05, 4.69) is 75.0 Å². The third kappa shape index (κ3) is 11.5. The molecule has 5 N–H and O–H groups in total. The maximum atomic E-state index is 12.3. The van der Waals surface area contributed by atoms with Gasteiger partial charge in [-0.05, 0) is 175 Å². The minimum absolute atomic E-state index is 0.193. The minimum Gasteiger partial charge on any atom is -0.462 e. The Hall–Kier alpha value is -3.70. The van der Waals surface area contributed by atoms with Gasteiger partial charge in [0, 0.05) is 56.8 Å². The maximum absolute atomic E-state index is 12.3. The number of aliphatic hydroxyl groups is 5. The molecule has 69 heavy (non-hydrogen) atoms. The van der Waals surface area contributed by atoms with Gasteiger partial charge in [0.2, 0.25) is 0 Å². The predicted molar refractivity (Wildman–Crippen MR) is 271 cm³/mol. The van der Waals surface area contributed by atoms with E-state index in [0.29, 0.717) is 54.8 Å². The molecule has 8 fully saturated rings. The number of fused-ring (bicyclic) bond motifs is 2. The zero-order valence-corrected chi connectivity index (χ0v) is 43.3. The Labute approximate surface area is 414 Å². The Balaban J connectivity index is 0.000000208. The Morgan fingerprint density at radius 1 is 0.710 bits per heavy atom. The molecule has 0 saturated heterocycles. The first-order chi connectivity index (χ1) is 32.2. The topological polar surface area (TPSA) is 154 Å². The summed E-state index contributed by atoms with van der Waals surface area (Å²) in [6.07, 6.45) is 25.6. The molecule has 0 aromatic carbocycles. The maximum Gasteiger partial charge on any atom is 0.303 e. The van der Waals surface area contributed by atoms with Gasteiger partial charge in [0.15, 0.2) is 0 Å². The highest BCUT2D eigenvalue weighted by Crippen LogP contribution is 2.72. The number of rotatable bonds is 8. The van der Waals surface area contributed by atoms with Crippen LogP contribution in [0.25, 0.3) is 0 Å². The first-order valence-corrected chi connectivity index (χ1v) is 26.3. The van der Waals surface area contributed by atoms with Crippen LogP contribution in [0.5, 0.6) is 0 Å². The van der Waals surface area contributed by atoms with Crippen LogP contribution in [0.3, 0.4) is 0 Å². The fourth-order valence-electron chi connectivity index (χ4n) is 14.5. The van der Waals surface area contributed by atoms with E-state index in [-0.39, 0.29) is 34.8 Å². The van der Waals surface area contributed by atoms with Crippen molar-refractivity contribution in [2.24, 2.45) is 39.4 Å². The van der Waals surface area contributed by atoms with Crippen molar-refractivity contribution in [1.29, 1.82) is 0 Å². The van der Waals surface area contributed by atoms with Crippen LogP contribution in [0.15, 0.2) is 70.9 Å². The van der Waals surface area contributed by atoms with Gasteiger partial charge in [0.25, 0.3) is 0 Å². The van der Waals surface area contributed by atoms with E-state index in [1.165, 1.54) is 57.9 Å². The standard InChI is InChI=1S/C32H44O6.C28H40O3/c1-21-25(19-26(37-22(2)33)20-28(21)38-23(3)34)11-10-24-9-7-14-30(6)27(24)12-16-32(30,36)31(17-18-31)15-8-13-29(4,5)35;1-19-21(17-22(29)18-24(19)30)9-8-20-7-5-13-27(4)23(20)10-11-25(27)28(15-16-28)14-6-12-26(2,3)31/h10-11,26-28,35-36H,1,7,9,12,14-20H2,2-6H3;8-9,22-25,29-31H,1,5,7,10-11,13-18H2,2-4H3/b24-10+,25-11-;20-8+,21-9-/t26?,27?,28-,30-,32?;22?,23?,24-,25?,27-/m00/s1. The van der Waals surface area contributed by atoms with Crippen LogP contribution in [0.2, 0.25) is 0 Å². The van der Waals surface area contributed by atoms with E-state index in [1.54, 1.807) is 33.3 Å². The summed E-state index contributed by atoms with van der Waals surface area (Å²) in [4.78, 5) is 23.3. The summed E-state index contributed by atoms with van der Waals surface area (Å²) >= 11 is 0. The summed E-state index contributed by atoms with van der Waals surface area (Å²) in [5.41, 5.74) is 3.90. The fourth-order valence-corrected chi connectivity index (χ4v) is 14.5. The molecule has 8 aliphatic carbocycles. The molecule has 0 radical (unpaired) electrons. The monoisotopic (exact) mass is 949 g/mol. The van der Waals surface area contributed by atoms with E-state index >= 15 is 0 Å². The molecule has 378 valence electrons. The first kappa shape index (κ1) is 53.1. The number of carbonyl (C=O) groups is 2. The zero-order chi connectivity index (χ0) is 50.4. The number of carbonyl (C=O) groups excluding carboxylic acids is 2. The molecule has 0 bridgehead atoms. The van der Waals surface area contributed by atoms with Crippen molar-refractivity contribution < 1.29 is 44.6 Å². The van der Waals surface area contributed by atoms with Crippen LogP contribution >= 0.6 is 0 Å². The van der Waals surface area contributed by atoms with Crippen molar-refractivity contribution in [1.82, 2.24) is 0 Å². The van der Waals surface area contributed by atoms with E-state index in [1.807, 2.05) is 0 Å². The number of hydrogen-bond donors (Lipinski definition) is 5. The van der Waals surface area contributed by atoms with Crippen LogP contribution in [-0.4, -0.2) is 78.7 Å². The van der Waals surface area contributed by atoms with Gasteiger partial charge in [-0.15, -0.1) is 0 Å². The van der Waals surface area contributed by atoms with Gasteiger partial charge in [0.05, 0.1) is 17.8 Å². The second-order valence-corrected chi connectivity index (χ2v) is 24.3. The van der Waals surface area contributed by atoms with Gasteiger partial charge in [-0.1, -0.05) is 86.1 Å². The first-order valence-electron chi connectivity index (χ1n) is 26.3. The van der Waals surface area contributed by atoms with Crippen molar-refractivity contribution in [3.8, 4) is 23.7 Å². The highest BCUT2D eigenvalue weighted by atomic mass is 16.6. The highest BCUT2D eigenvalue weighted by molar-refractivity contribution is 5.67. The quantitative estimate of drug-likeness (QED) is 0.118. The van der Waals surface area contributed by atoms with Crippen molar-refractivity contribution in [3.05, 3.63) is 70.9 Å². The van der Waals surface area contributed by atoms with Crippen LogP contribution in [0, 0.1) is 63.1 Å². The largest absolute Gasteiger partial charge is 0.462 e. The molecule has 9 heteroatoms. The number of hydrogen-bond acceptors (Lipinski definition) is 9. The van der Waals surface area contributed by atoms with E-state index in [9.17, 15) is 35.1 Å². The molecule has 10 atom stereocenters. The third-order valence-electron chi connectivity index (χ3n) is 18.2. The Morgan fingerprint density at radius 3 is 1.87 bits per heavy atom. The number of ether oxygens (including phenoxy) is 2. The predicted octanol–water partition coefficient (Wildman–Crippen LogP) is 10.4. The molecule has 6 unspecified atom stereocenters. The molecule has 8 saturated carbocycles. The second kappa shape index (κ2) is 20.1. The van der Waals surface area contributed by atoms with Crippen LogP contribution in [-0.2, 0) is 19.1 Å². The second-order valence-electron chi connectivity index (χ2n) is 24.3. The molecule has 0 aromatic rings. The van der Waals surface area contributed by atoms with Gasteiger partial charge >= 0.3 is 11.9 Å². The molecule has 0 heterocycles. The molecule has 8 aliphatic rings. The third-order valence-corrected chi connectivity index (χ3v) is 18.2. The molecule has 0 aliphatic heterocycles. The van der Waals surface area contributed by atoms with E-state index in [4.69, 9.17) is 9.47 Å². The smallest absolute Gasteiger partial charge is 0.303 e. The lowest BCUT2D eigenvalue weighted by Crippen LogP contribution is -2.53. The summed E-state index contributed by atoms with van der Waals surface area (Å²) in [5, 5.41) is 52.5. The van der Waals surface area contributed by atoms with Gasteiger partial charge in [0.1, 0.15) is 23.4 Å². The Bertz CT molecular complexity index is 2260. The average Bonchev–Trinajstić information content (AvgIpc) is 4.15. The summed E-state index contributed by atoms with van der Waals surface area (Å²) in [6, 6.07) is 0. The number of aliphatic hydroxyl groups excluding tert-OH is 2. The molecule has 8 rings (SSSR count). The van der Waals surface area contributed by atoms with Crippen molar-refractivity contribution in [3.63, 3.8) is 0 Å². The Kier molecular flexibility index (Phi) is 15.4. The highest BCUT2D eigenvalue weighted by Gasteiger charge is 2.70. The molecular formula is C60H84O9. The average molecular weight is 949 g/mol. The normalized spacial score (nSPS) is 37.9. The lowest BCUT2D eigenvalue weighted by molar-refractivity contribution is -0.152. The zero-order valence-electron chi connectivity index (χ0n) is 43.3. The molecule has 0 aromatic heterocycles. The molecule has 0 amide bonds. The summed E-state index contributed by atoms with van der Waals surface area (Å²) in [5.74, 6) is 13.4. The molecular weight excluding hydrogens is 865 g/mol. The van der Waals surface area contributed by atoms with Gasteiger partial charge < -0.3 is 35.0 Å². The fraction of sp³-hybridized carbons (Fsp3) is 0.700. The summed E-state index contributed by atoms with van der Waals surface area (Å²) < 4.78 is 11.0. The van der Waals surface area contributed by atoms with Gasteiger partial charge in [-0.2, -0.15) is 0 Å². The molecule has 9 nitrogen and oxygen atoms in total. The summed E-state index contributed by atoms with van der Waals surface area (Å²) in [7, 11) is 0. The number of allylic oxidation sites excluding steroid dienone is 6.